The number of rotatable bonds is 8. The first kappa shape index (κ1) is 22.7. The monoisotopic (exact) mass is 472 g/mol. The van der Waals surface area contributed by atoms with Crippen molar-refractivity contribution in [3.63, 3.8) is 0 Å². The molecule has 1 N–H and O–H groups in total. The first-order valence-electron chi connectivity index (χ1n) is 10.5. The first-order chi connectivity index (χ1) is 15.9. The number of fused-ring (bicyclic) bond motifs is 1. The van der Waals surface area contributed by atoms with Crippen LogP contribution in [0.3, 0.4) is 0 Å². The Bertz CT molecular complexity index is 1230. The average molecular weight is 473 g/mol. The Balaban J connectivity index is 1.40. The van der Waals surface area contributed by atoms with Crippen molar-refractivity contribution in [1.82, 2.24) is 14.5 Å². The minimum atomic E-state index is -3.61. The van der Waals surface area contributed by atoms with E-state index >= 15 is 0 Å². The van der Waals surface area contributed by atoms with Crippen molar-refractivity contribution in [2.24, 2.45) is 0 Å². The van der Waals surface area contributed by atoms with E-state index in [1.54, 1.807) is 19.2 Å². The van der Waals surface area contributed by atoms with E-state index in [1.807, 2.05) is 19.1 Å². The summed E-state index contributed by atoms with van der Waals surface area (Å²) in [5.41, 5.74) is 0.246. The summed E-state index contributed by atoms with van der Waals surface area (Å²) in [6, 6.07) is 12.8. The zero-order valence-corrected chi connectivity index (χ0v) is 19.0. The van der Waals surface area contributed by atoms with Gasteiger partial charge in [-0.1, -0.05) is 30.6 Å². The molecule has 0 bridgehead atoms. The molecule has 10 nitrogen and oxygen atoms in total. The number of carbonyl (C=O) groups is 1. The minimum absolute atomic E-state index is 0.103. The molecule has 0 saturated carbocycles. The van der Waals surface area contributed by atoms with Gasteiger partial charge in [0.25, 0.3) is 11.8 Å². The predicted molar refractivity (Wildman–Crippen MR) is 119 cm³/mol. The summed E-state index contributed by atoms with van der Waals surface area (Å²) in [7, 11) is -2.07. The molecular formula is C22H24N4O6S. The summed E-state index contributed by atoms with van der Waals surface area (Å²) in [5.74, 6) is 0.840. The maximum absolute atomic E-state index is 12.6. The predicted octanol–water partition coefficient (Wildman–Crippen LogP) is 3.26. The maximum atomic E-state index is 12.6. The van der Waals surface area contributed by atoms with Crippen LogP contribution in [0.4, 0.5) is 6.01 Å². The van der Waals surface area contributed by atoms with Crippen molar-refractivity contribution >= 4 is 21.9 Å². The van der Waals surface area contributed by atoms with Gasteiger partial charge in [0.15, 0.2) is 11.5 Å². The summed E-state index contributed by atoms with van der Waals surface area (Å²) < 4.78 is 43.5. The quantitative estimate of drug-likeness (QED) is 0.530. The fraction of sp³-hybridized carbons (Fsp3) is 0.318. The second-order valence-electron chi connectivity index (χ2n) is 7.47. The summed E-state index contributed by atoms with van der Waals surface area (Å²) in [6.07, 6.45) is 1.06. The summed E-state index contributed by atoms with van der Waals surface area (Å²) >= 11 is 0. The second kappa shape index (κ2) is 9.59. The molecule has 1 atom stereocenters. The molecule has 0 fully saturated rings. The van der Waals surface area contributed by atoms with Crippen LogP contribution >= 0.6 is 0 Å². The fourth-order valence-corrected chi connectivity index (χ4v) is 4.39. The topological polar surface area (TPSA) is 124 Å². The molecule has 0 aliphatic carbocycles. The largest absolute Gasteiger partial charge is 0.485 e. The molecule has 11 heteroatoms. The lowest BCUT2D eigenvalue weighted by molar-refractivity contribution is 0.0716. The molecule has 3 aromatic rings. The van der Waals surface area contributed by atoms with E-state index in [9.17, 15) is 13.2 Å². The molecule has 1 aromatic heterocycles. The van der Waals surface area contributed by atoms with Crippen molar-refractivity contribution in [2.75, 3.05) is 25.5 Å². The van der Waals surface area contributed by atoms with Crippen LogP contribution < -0.4 is 14.8 Å². The molecule has 174 valence electrons. The number of amides is 1. The van der Waals surface area contributed by atoms with Crippen molar-refractivity contribution in [3.05, 3.63) is 60.0 Å². The van der Waals surface area contributed by atoms with E-state index in [1.165, 1.54) is 28.6 Å². The van der Waals surface area contributed by atoms with Crippen LogP contribution in [0.15, 0.2) is 57.8 Å². The van der Waals surface area contributed by atoms with Crippen molar-refractivity contribution < 1.29 is 27.1 Å². The van der Waals surface area contributed by atoms with Crippen LogP contribution in [0.5, 0.6) is 11.5 Å². The van der Waals surface area contributed by atoms with Gasteiger partial charge in [-0.2, -0.15) is 0 Å². The molecule has 33 heavy (non-hydrogen) atoms. The number of hydrogen-bond donors (Lipinski definition) is 1. The molecule has 0 spiro atoms. The molecular weight excluding hydrogens is 448 g/mol. The van der Waals surface area contributed by atoms with Gasteiger partial charge in [0.1, 0.15) is 6.61 Å². The van der Waals surface area contributed by atoms with Gasteiger partial charge >= 0.3 is 6.01 Å². The lowest BCUT2D eigenvalue weighted by Crippen LogP contribution is -2.28. The van der Waals surface area contributed by atoms with Gasteiger partial charge < -0.3 is 13.9 Å². The lowest BCUT2D eigenvalue weighted by Gasteiger charge is -2.23. The van der Waals surface area contributed by atoms with E-state index in [-0.39, 0.29) is 29.0 Å². The van der Waals surface area contributed by atoms with Crippen LogP contribution in [-0.2, 0) is 10.0 Å². The lowest BCUT2D eigenvalue weighted by atomic mass is 10.2. The number of para-hydroxylation sites is 2. The van der Waals surface area contributed by atoms with Crippen molar-refractivity contribution in [2.45, 2.75) is 30.8 Å². The highest BCUT2D eigenvalue weighted by atomic mass is 32.2. The van der Waals surface area contributed by atoms with Crippen LogP contribution in [0.25, 0.3) is 0 Å². The zero-order chi connectivity index (χ0) is 23.4. The van der Waals surface area contributed by atoms with Crippen LogP contribution in [0, 0.1) is 0 Å². The third kappa shape index (κ3) is 4.99. The second-order valence-corrected chi connectivity index (χ2v) is 9.51. The van der Waals surface area contributed by atoms with Crippen LogP contribution in [0.2, 0.25) is 0 Å². The third-order valence-corrected chi connectivity index (χ3v) is 6.97. The van der Waals surface area contributed by atoms with Gasteiger partial charge in [0, 0.05) is 19.2 Å². The number of ether oxygens (including phenoxy) is 2. The number of anilines is 1. The number of carbonyl (C=O) groups excluding carboxylic acids is 1. The highest BCUT2D eigenvalue weighted by molar-refractivity contribution is 7.89. The normalized spacial score (nSPS) is 15.4. The van der Waals surface area contributed by atoms with E-state index in [4.69, 9.17) is 13.9 Å². The summed E-state index contributed by atoms with van der Waals surface area (Å²) in [5, 5.41) is 10.3. The van der Waals surface area contributed by atoms with Crippen LogP contribution in [-0.4, -0.2) is 49.0 Å². The maximum Gasteiger partial charge on any atom is 0.322 e. The van der Waals surface area contributed by atoms with E-state index in [0.29, 0.717) is 18.0 Å². The van der Waals surface area contributed by atoms with E-state index < -0.39 is 22.0 Å². The summed E-state index contributed by atoms with van der Waals surface area (Å²) in [4.78, 5) is 12.7. The Labute approximate surface area is 191 Å². The first-order valence-corrected chi connectivity index (χ1v) is 11.9. The number of aromatic nitrogens is 2. The Morgan fingerprint density at radius 3 is 2.58 bits per heavy atom. The fourth-order valence-electron chi connectivity index (χ4n) is 3.18. The van der Waals surface area contributed by atoms with Crippen molar-refractivity contribution in [3.8, 4) is 11.5 Å². The van der Waals surface area contributed by atoms with Gasteiger partial charge in [-0.05, 0) is 42.8 Å². The zero-order valence-electron chi connectivity index (χ0n) is 18.2. The molecule has 1 unspecified atom stereocenters. The van der Waals surface area contributed by atoms with Gasteiger partial charge in [-0.15, -0.1) is 5.10 Å². The number of hydrogen-bond acceptors (Lipinski definition) is 8. The SMILES string of the molecule is CCCCN(C)S(=O)(=O)c1ccc(C(=O)Nc2nnc(C3COc4ccccc4O3)o2)cc1. The van der Waals surface area contributed by atoms with Crippen LogP contribution in [0.1, 0.15) is 42.1 Å². The van der Waals surface area contributed by atoms with Gasteiger partial charge in [-0.25, -0.2) is 12.7 Å². The van der Waals surface area contributed by atoms with E-state index in [2.05, 4.69) is 15.5 Å². The number of unbranched alkanes of at least 4 members (excludes halogenated alkanes) is 1. The highest BCUT2D eigenvalue weighted by Crippen LogP contribution is 2.35. The molecule has 0 radical (unpaired) electrons. The van der Waals surface area contributed by atoms with Gasteiger partial charge in [-0.3, -0.25) is 10.1 Å². The van der Waals surface area contributed by atoms with Crippen molar-refractivity contribution in [1.29, 1.82) is 0 Å². The molecule has 1 aliphatic heterocycles. The third-order valence-electron chi connectivity index (χ3n) is 5.10. The molecule has 1 aliphatic rings. The Hall–Kier alpha value is -3.44. The highest BCUT2D eigenvalue weighted by Gasteiger charge is 2.28. The number of benzene rings is 2. The standard InChI is InChI=1S/C22H24N4O6S/c1-3-4-13-26(2)33(28,29)16-11-9-15(10-12-16)20(27)23-22-25-24-21(32-22)19-14-30-17-7-5-6-8-18(17)31-19/h5-12,19H,3-4,13-14H2,1-2H3,(H,23,25,27). The van der Waals surface area contributed by atoms with E-state index in [0.717, 1.165) is 12.8 Å². The number of nitrogens with zero attached hydrogens (tertiary/aromatic N) is 3. The van der Waals surface area contributed by atoms with Gasteiger partial charge in [0.05, 0.1) is 4.90 Å². The Morgan fingerprint density at radius 2 is 1.85 bits per heavy atom. The Morgan fingerprint density at radius 1 is 1.12 bits per heavy atom. The molecule has 4 rings (SSSR count). The average Bonchev–Trinajstić information content (AvgIpc) is 3.30. The summed E-state index contributed by atoms with van der Waals surface area (Å²) in [6.45, 7) is 2.62. The number of nitrogens with one attached hydrogen (secondary N) is 1. The molecule has 2 heterocycles. The minimum Gasteiger partial charge on any atom is -0.485 e. The molecule has 0 saturated heterocycles. The van der Waals surface area contributed by atoms with Gasteiger partial charge in [0.2, 0.25) is 16.1 Å². The number of sulfonamides is 1. The molecule has 1 amide bonds. The molecule has 2 aromatic carbocycles. The smallest absolute Gasteiger partial charge is 0.322 e. The Kier molecular flexibility index (Phi) is 6.61.